The molecule has 1 saturated heterocycles. The van der Waals surface area contributed by atoms with Gasteiger partial charge in [0.15, 0.2) is 0 Å². The minimum absolute atomic E-state index is 0.115. The van der Waals surface area contributed by atoms with Gasteiger partial charge in [-0.25, -0.2) is 0 Å². The van der Waals surface area contributed by atoms with E-state index in [1.807, 2.05) is 17.0 Å². The van der Waals surface area contributed by atoms with Gasteiger partial charge in [-0.05, 0) is 36.0 Å². The van der Waals surface area contributed by atoms with E-state index in [9.17, 15) is 4.79 Å². The second-order valence-electron chi connectivity index (χ2n) is 7.06. The van der Waals surface area contributed by atoms with Gasteiger partial charge in [-0.15, -0.1) is 0 Å². The Kier molecular flexibility index (Phi) is 5.04. The third kappa shape index (κ3) is 3.85. The molecule has 1 fully saturated rings. The Bertz CT molecular complexity index is 473. The van der Waals surface area contributed by atoms with Crippen LogP contribution in [0, 0.1) is 0 Å². The predicted molar refractivity (Wildman–Crippen MR) is 87.5 cm³/mol. The van der Waals surface area contributed by atoms with E-state index in [1.165, 1.54) is 18.4 Å². The lowest BCUT2D eigenvalue weighted by atomic mass is 9.86. The zero-order valence-corrected chi connectivity index (χ0v) is 13.6. The standard InChI is InChI=1S/C18H28N2O/c1-18(2,3)15-10-8-14(9-11-15)17(21)20-12-6-4-5-7-16(20)13-19/h8-11,16H,4-7,12-13,19H2,1-3H3. The van der Waals surface area contributed by atoms with Gasteiger partial charge >= 0.3 is 0 Å². The summed E-state index contributed by atoms with van der Waals surface area (Å²) in [4.78, 5) is 14.7. The minimum Gasteiger partial charge on any atom is -0.334 e. The van der Waals surface area contributed by atoms with Crippen molar-refractivity contribution in [2.75, 3.05) is 13.1 Å². The van der Waals surface area contributed by atoms with Crippen molar-refractivity contribution >= 4 is 5.91 Å². The second-order valence-corrected chi connectivity index (χ2v) is 7.06. The molecule has 1 amide bonds. The monoisotopic (exact) mass is 288 g/mol. The first-order valence-electron chi connectivity index (χ1n) is 8.05. The van der Waals surface area contributed by atoms with Crippen LogP contribution in [0.15, 0.2) is 24.3 Å². The fourth-order valence-corrected chi connectivity index (χ4v) is 2.97. The van der Waals surface area contributed by atoms with Gasteiger partial charge in [0, 0.05) is 24.7 Å². The number of rotatable bonds is 2. The summed E-state index contributed by atoms with van der Waals surface area (Å²) in [6.07, 6.45) is 4.49. The maximum absolute atomic E-state index is 12.8. The number of nitrogens with two attached hydrogens (primary N) is 1. The molecule has 116 valence electrons. The van der Waals surface area contributed by atoms with Crippen molar-refractivity contribution in [3.8, 4) is 0 Å². The van der Waals surface area contributed by atoms with Crippen molar-refractivity contribution in [1.82, 2.24) is 4.90 Å². The highest BCUT2D eigenvalue weighted by molar-refractivity contribution is 5.94. The van der Waals surface area contributed by atoms with Crippen LogP contribution in [0.1, 0.15) is 62.4 Å². The van der Waals surface area contributed by atoms with Crippen LogP contribution in [-0.2, 0) is 5.41 Å². The summed E-state index contributed by atoms with van der Waals surface area (Å²) >= 11 is 0. The maximum Gasteiger partial charge on any atom is 0.254 e. The molecule has 1 aliphatic rings. The Hall–Kier alpha value is -1.35. The first kappa shape index (κ1) is 16.0. The quantitative estimate of drug-likeness (QED) is 0.907. The molecule has 0 radical (unpaired) electrons. The molecule has 0 aliphatic carbocycles. The van der Waals surface area contributed by atoms with Crippen molar-refractivity contribution in [2.24, 2.45) is 5.73 Å². The van der Waals surface area contributed by atoms with Crippen LogP contribution >= 0.6 is 0 Å². The number of carbonyl (C=O) groups excluding carboxylic acids is 1. The molecular formula is C18H28N2O. The molecule has 1 aromatic carbocycles. The molecule has 3 nitrogen and oxygen atoms in total. The van der Waals surface area contributed by atoms with E-state index in [1.54, 1.807) is 0 Å². The topological polar surface area (TPSA) is 46.3 Å². The molecule has 0 spiro atoms. The van der Waals surface area contributed by atoms with Gasteiger partial charge in [0.2, 0.25) is 0 Å². The zero-order valence-electron chi connectivity index (χ0n) is 13.6. The summed E-state index contributed by atoms with van der Waals surface area (Å²) in [6, 6.07) is 8.26. The van der Waals surface area contributed by atoms with E-state index in [-0.39, 0.29) is 17.4 Å². The predicted octanol–water partition coefficient (Wildman–Crippen LogP) is 3.33. The zero-order chi connectivity index (χ0) is 15.5. The number of likely N-dealkylation sites (tertiary alicyclic amines) is 1. The van der Waals surface area contributed by atoms with Crippen LogP contribution in [0.25, 0.3) is 0 Å². The Morgan fingerprint density at radius 3 is 2.43 bits per heavy atom. The highest BCUT2D eigenvalue weighted by Gasteiger charge is 2.25. The summed E-state index contributed by atoms with van der Waals surface area (Å²) in [5.41, 5.74) is 8.02. The van der Waals surface area contributed by atoms with E-state index in [0.717, 1.165) is 24.9 Å². The summed E-state index contributed by atoms with van der Waals surface area (Å²) in [6.45, 7) is 7.95. The summed E-state index contributed by atoms with van der Waals surface area (Å²) < 4.78 is 0. The van der Waals surface area contributed by atoms with Crippen LogP contribution in [0.5, 0.6) is 0 Å². The third-order valence-corrected chi connectivity index (χ3v) is 4.41. The maximum atomic E-state index is 12.8. The minimum atomic E-state index is 0.115. The molecule has 1 aromatic rings. The van der Waals surface area contributed by atoms with E-state index < -0.39 is 0 Å². The average Bonchev–Trinajstić information content (AvgIpc) is 2.70. The number of amides is 1. The van der Waals surface area contributed by atoms with E-state index >= 15 is 0 Å². The van der Waals surface area contributed by atoms with Gasteiger partial charge < -0.3 is 10.6 Å². The van der Waals surface area contributed by atoms with Gasteiger partial charge in [0.1, 0.15) is 0 Å². The highest BCUT2D eigenvalue weighted by atomic mass is 16.2. The molecule has 1 heterocycles. The molecule has 0 aromatic heterocycles. The highest BCUT2D eigenvalue weighted by Crippen LogP contribution is 2.24. The van der Waals surface area contributed by atoms with Crippen molar-refractivity contribution < 1.29 is 4.79 Å². The van der Waals surface area contributed by atoms with E-state index in [0.29, 0.717) is 6.54 Å². The fourth-order valence-electron chi connectivity index (χ4n) is 2.97. The van der Waals surface area contributed by atoms with Crippen LogP contribution in [0.2, 0.25) is 0 Å². The molecule has 1 unspecified atom stereocenters. The Morgan fingerprint density at radius 1 is 1.19 bits per heavy atom. The molecular weight excluding hydrogens is 260 g/mol. The SMILES string of the molecule is CC(C)(C)c1ccc(C(=O)N2CCCCCC2CN)cc1. The van der Waals surface area contributed by atoms with Crippen LogP contribution in [0.4, 0.5) is 0 Å². The summed E-state index contributed by atoms with van der Waals surface area (Å²) in [7, 11) is 0. The van der Waals surface area contributed by atoms with Crippen molar-refractivity contribution in [3.63, 3.8) is 0 Å². The molecule has 1 atom stereocenters. The van der Waals surface area contributed by atoms with Gasteiger partial charge in [-0.2, -0.15) is 0 Å². The first-order chi connectivity index (χ1) is 9.93. The van der Waals surface area contributed by atoms with Crippen molar-refractivity contribution in [3.05, 3.63) is 35.4 Å². The van der Waals surface area contributed by atoms with Gasteiger partial charge in [-0.3, -0.25) is 4.79 Å². The second kappa shape index (κ2) is 6.61. The first-order valence-corrected chi connectivity index (χ1v) is 8.05. The fraction of sp³-hybridized carbons (Fsp3) is 0.611. The molecule has 1 aliphatic heterocycles. The largest absolute Gasteiger partial charge is 0.334 e. The number of benzene rings is 1. The Morgan fingerprint density at radius 2 is 1.86 bits per heavy atom. The molecule has 2 N–H and O–H groups in total. The van der Waals surface area contributed by atoms with Gasteiger partial charge in [0.25, 0.3) is 5.91 Å². The van der Waals surface area contributed by atoms with Crippen LogP contribution in [0.3, 0.4) is 0 Å². The normalized spacial score (nSPS) is 20.2. The number of carbonyl (C=O) groups is 1. The molecule has 21 heavy (non-hydrogen) atoms. The lowest BCUT2D eigenvalue weighted by Crippen LogP contribution is -2.44. The van der Waals surface area contributed by atoms with Crippen molar-refractivity contribution in [1.29, 1.82) is 0 Å². The van der Waals surface area contributed by atoms with Crippen LogP contribution < -0.4 is 5.73 Å². The number of hydrogen-bond acceptors (Lipinski definition) is 2. The van der Waals surface area contributed by atoms with E-state index in [4.69, 9.17) is 5.73 Å². The smallest absolute Gasteiger partial charge is 0.254 e. The summed E-state index contributed by atoms with van der Waals surface area (Å²) in [5, 5.41) is 0. The average molecular weight is 288 g/mol. The number of nitrogens with zero attached hydrogens (tertiary/aromatic N) is 1. The lowest BCUT2D eigenvalue weighted by Gasteiger charge is -2.29. The van der Waals surface area contributed by atoms with Gasteiger partial charge in [0.05, 0.1) is 0 Å². The molecule has 0 saturated carbocycles. The lowest BCUT2D eigenvalue weighted by molar-refractivity contribution is 0.0689. The third-order valence-electron chi connectivity index (χ3n) is 4.41. The Labute approximate surface area is 128 Å². The Balaban J connectivity index is 2.18. The van der Waals surface area contributed by atoms with Gasteiger partial charge in [-0.1, -0.05) is 45.7 Å². The molecule has 0 bridgehead atoms. The van der Waals surface area contributed by atoms with Crippen molar-refractivity contribution in [2.45, 2.75) is 57.9 Å². The molecule has 3 heteroatoms. The van der Waals surface area contributed by atoms with E-state index in [2.05, 4.69) is 32.9 Å². The number of hydrogen-bond donors (Lipinski definition) is 1. The summed E-state index contributed by atoms with van der Waals surface area (Å²) in [5.74, 6) is 0.132. The van der Waals surface area contributed by atoms with Crippen LogP contribution in [-0.4, -0.2) is 29.9 Å². The molecule has 2 rings (SSSR count).